The van der Waals surface area contributed by atoms with Gasteiger partial charge in [-0.2, -0.15) is 0 Å². The summed E-state index contributed by atoms with van der Waals surface area (Å²) in [6, 6.07) is 8.53. The first-order valence-corrected chi connectivity index (χ1v) is 5.36. The average Bonchev–Trinajstić information content (AvgIpc) is 2.89. The molecular weight excluding hydrogens is 188 g/mol. The first-order chi connectivity index (χ1) is 7.43. The molecule has 0 amide bonds. The quantitative estimate of drug-likeness (QED) is 0.746. The molecule has 0 aliphatic carbocycles. The molecule has 0 radical (unpaired) electrons. The van der Waals surface area contributed by atoms with E-state index in [0.717, 1.165) is 32.0 Å². The highest BCUT2D eigenvalue weighted by Crippen LogP contribution is 2.28. The van der Waals surface area contributed by atoms with Crippen molar-refractivity contribution < 1.29 is 4.74 Å². The minimum absolute atomic E-state index is 0.779. The molecule has 0 unspecified atom stereocenters. The van der Waals surface area contributed by atoms with Crippen molar-refractivity contribution in [2.24, 2.45) is 0 Å². The van der Waals surface area contributed by atoms with Crippen molar-refractivity contribution in [1.82, 2.24) is 5.32 Å². The number of hydrogen-bond donors (Lipinski definition) is 1. The summed E-state index contributed by atoms with van der Waals surface area (Å²) in [5, 5.41) is 3.21. The normalized spacial score (nSPS) is 21.3. The van der Waals surface area contributed by atoms with Gasteiger partial charge >= 0.3 is 0 Å². The number of ether oxygens (including phenoxy) is 1. The second kappa shape index (κ2) is 3.50. The van der Waals surface area contributed by atoms with Crippen LogP contribution >= 0.6 is 0 Å². The fourth-order valence-electron chi connectivity index (χ4n) is 2.11. The maximum atomic E-state index is 5.44. The van der Waals surface area contributed by atoms with Gasteiger partial charge in [0.25, 0.3) is 0 Å². The molecule has 15 heavy (non-hydrogen) atoms. The average molecular weight is 202 g/mol. The van der Waals surface area contributed by atoms with Crippen molar-refractivity contribution in [3.8, 4) is 0 Å². The Bertz CT molecular complexity index is 392. The zero-order chi connectivity index (χ0) is 10.1. The van der Waals surface area contributed by atoms with Gasteiger partial charge in [-0.15, -0.1) is 0 Å². The molecule has 1 saturated heterocycles. The van der Waals surface area contributed by atoms with Gasteiger partial charge in [-0.1, -0.05) is 18.2 Å². The zero-order valence-corrected chi connectivity index (χ0v) is 8.57. The predicted octanol–water partition coefficient (Wildman–Crippen LogP) is 1.47. The van der Waals surface area contributed by atoms with Crippen LogP contribution in [0.25, 0.3) is 0 Å². The number of hydrogen-bond acceptors (Lipinski definition) is 3. The van der Waals surface area contributed by atoms with Crippen LogP contribution < -0.4 is 10.2 Å². The van der Waals surface area contributed by atoms with E-state index in [-0.39, 0.29) is 0 Å². The standard InChI is InChI=1S/C12H14N2O/c1-2-4-11-10(3-1)5-7-14(11)9-12-13-6-8-15-12/h1-4,9,13H,5-8H2. The van der Waals surface area contributed by atoms with E-state index in [4.69, 9.17) is 4.74 Å². The van der Waals surface area contributed by atoms with Crippen molar-refractivity contribution >= 4 is 5.69 Å². The molecule has 0 aromatic heterocycles. The summed E-state index contributed by atoms with van der Waals surface area (Å²) in [4.78, 5) is 2.25. The van der Waals surface area contributed by atoms with Crippen LogP contribution in [0.2, 0.25) is 0 Å². The molecule has 1 aromatic carbocycles. The van der Waals surface area contributed by atoms with Gasteiger partial charge in [0.15, 0.2) is 0 Å². The Morgan fingerprint density at radius 3 is 3.13 bits per heavy atom. The lowest BCUT2D eigenvalue weighted by atomic mass is 10.2. The Hall–Kier alpha value is -1.64. The van der Waals surface area contributed by atoms with Crippen LogP contribution in [-0.4, -0.2) is 19.7 Å². The molecule has 0 bridgehead atoms. The van der Waals surface area contributed by atoms with Crippen LogP contribution in [0.5, 0.6) is 0 Å². The van der Waals surface area contributed by atoms with E-state index >= 15 is 0 Å². The van der Waals surface area contributed by atoms with Gasteiger partial charge < -0.3 is 15.0 Å². The van der Waals surface area contributed by atoms with Crippen LogP contribution in [0.3, 0.4) is 0 Å². The summed E-state index contributed by atoms with van der Waals surface area (Å²) in [7, 11) is 0. The largest absolute Gasteiger partial charge is 0.476 e. The Labute approximate surface area is 89.3 Å². The third kappa shape index (κ3) is 1.54. The number of para-hydroxylation sites is 1. The number of benzene rings is 1. The second-order valence-corrected chi connectivity index (χ2v) is 3.84. The monoisotopic (exact) mass is 202 g/mol. The molecular formula is C12H14N2O. The Kier molecular flexibility index (Phi) is 2.02. The third-order valence-electron chi connectivity index (χ3n) is 2.86. The van der Waals surface area contributed by atoms with Crippen LogP contribution in [0.1, 0.15) is 5.56 Å². The van der Waals surface area contributed by atoms with Crippen LogP contribution in [-0.2, 0) is 11.2 Å². The van der Waals surface area contributed by atoms with E-state index in [0.29, 0.717) is 0 Å². The lowest BCUT2D eigenvalue weighted by Crippen LogP contribution is -2.16. The number of fused-ring (bicyclic) bond motifs is 1. The maximum absolute atomic E-state index is 5.44. The van der Waals surface area contributed by atoms with E-state index in [2.05, 4.69) is 40.7 Å². The fourth-order valence-corrected chi connectivity index (χ4v) is 2.11. The summed E-state index contributed by atoms with van der Waals surface area (Å²) in [5.41, 5.74) is 2.73. The molecule has 1 fully saturated rings. The molecule has 78 valence electrons. The number of nitrogens with one attached hydrogen (secondary N) is 1. The Balaban J connectivity index is 1.87. The van der Waals surface area contributed by atoms with Gasteiger partial charge in [-0.05, 0) is 18.1 Å². The van der Waals surface area contributed by atoms with Crippen molar-refractivity contribution in [2.45, 2.75) is 6.42 Å². The molecule has 2 aliphatic heterocycles. The predicted molar refractivity (Wildman–Crippen MR) is 59.5 cm³/mol. The molecule has 3 heteroatoms. The number of rotatable bonds is 1. The van der Waals surface area contributed by atoms with Gasteiger partial charge in [0.2, 0.25) is 5.88 Å². The molecule has 0 atom stereocenters. The fraction of sp³-hybridized carbons (Fsp3) is 0.333. The van der Waals surface area contributed by atoms with E-state index in [1.807, 2.05) is 0 Å². The molecule has 2 aliphatic rings. The highest BCUT2D eigenvalue weighted by Gasteiger charge is 2.18. The minimum Gasteiger partial charge on any atom is -0.476 e. The first-order valence-electron chi connectivity index (χ1n) is 5.36. The molecule has 3 nitrogen and oxygen atoms in total. The van der Waals surface area contributed by atoms with Crippen LogP contribution in [0.15, 0.2) is 36.3 Å². The number of nitrogens with zero attached hydrogens (tertiary/aromatic N) is 1. The lowest BCUT2D eigenvalue weighted by molar-refractivity contribution is 0.264. The Morgan fingerprint density at radius 2 is 2.27 bits per heavy atom. The summed E-state index contributed by atoms with van der Waals surface area (Å²) in [6.07, 6.45) is 3.19. The van der Waals surface area contributed by atoms with E-state index < -0.39 is 0 Å². The molecule has 3 rings (SSSR count). The van der Waals surface area contributed by atoms with E-state index in [1.54, 1.807) is 0 Å². The molecule has 1 aromatic rings. The Morgan fingerprint density at radius 1 is 1.33 bits per heavy atom. The highest BCUT2D eigenvalue weighted by molar-refractivity contribution is 5.60. The first kappa shape index (κ1) is 8.65. The van der Waals surface area contributed by atoms with Gasteiger partial charge in [-0.25, -0.2) is 0 Å². The summed E-state index contributed by atoms with van der Waals surface area (Å²) in [6.45, 7) is 2.75. The van der Waals surface area contributed by atoms with Crippen molar-refractivity contribution in [1.29, 1.82) is 0 Å². The van der Waals surface area contributed by atoms with Gasteiger partial charge in [0.1, 0.15) is 6.61 Å². The third-order valence-corrected chi connectivity index (χ3v) is 2.86. The summed E-state index contributed by atoms with van der Waals surface area (Å²) < 4.78 is 5.44. The SMILES string of the molecule is C(=C1NCCO1)N1CCc2ccccc21. The topological polar surface area (TPSA) is 24.5 Å². The van der Waals surface area contributed by atoms with Crippen molar-refractivity contribution in [2.75, 3.05) is 24.6 Å². The molecule has 0 saturated carbocycles. The zero-order valence-electron chi connectivity index (χ0n) is 8.57. The van der Waals surface area contributed by atoms with Crippen molar-refractivity contribution in [3.63, 3.8) is 0 Å². The smallest absolute Gasteiger partial charge is 0.203 e. The van der Waals surface area contributed by atoms with E-state index in [1.165, 1.54) is 11.3 Å². The highest BCUT2D eigenvalue weighted by atomic mass is 16.5. The van der Waals surface area contributed by atoms with Gasteiger partial charge in [0, 0.05) is 12.2 Å². The van der Waals surface area contributed by atoms with Gasteiger partial charge in [-0.3, -0.25) is 0 Å². The van der Waals surface area contributed by atoms with E-state index in [9.17, 15) is 0 Å². The summed E-state index contributed by atoms with van der Waals surface area (Å²) in [5.74, 6) is 0.895. The van der Waals surface area contributed by atoms with Gasteiger partial charge in [0.05, 0.1) is 12.7 Å². The molecule has 0 spiro atoms. The van der Waals surface area contributed by atoms with Crippen LogP contribution in [0, 0.1) is 0 Å². The molecule has 2 heterocycles. The van der Waals surface area contributed by atoms with Crippen LogP contribution in [0.4, 0.5) is 5.69 Å². The van der Waals surface area contributed by atoms with Crippen molar-refractivity contribution in [3.05, 3.63) is 41.9 Å². The molecule has 1 N–H and O–H groups in total. The number of anilines is 1. The second-order valence-electron chi connectivity index (χ2n) is 3.84. The minimum atomic E-state index is 0.779. The summed E-state index contributed by atoms with van der Waals surface area (Å²) >= 11 is 0. The lowest BCUT2D eigenvalue weighted by Gasteiger charge is -2.14. The maximum Gasteiger partial charge on any atom is 0.203 e.